The molecule has 0 unspecified atom stereocenters. The highest BCUT2D eigenvalue weighted by atomic mass is 16.4. The molecule has 0 atom stereocenters. The normalized spacial score (nSPS) is 11.6. The van der Waals surface area contributed by atoms with Gasteiger partial charge in [-0.3, -0.25) is 0 Å². The van der Waals surface area contributed by atoms with Crippen molar-refractivity contribution in [2.24, 2.45) is 0 Å². The molecular formula is C17H18O3. The van der Waals surface area contributed by atoms with Crippen LogP contribution >= 0.6 is 0 Å². The quantitative estimate of drug-likeness (QED) is 0.647. The van der Waals surface area contributed by atoms with E-state index in [2.05, 4.69) is 19.9 Å². The van der Waals surface area contributed by atoms with E-state index in [-0.39, 0.29) is 5.63 Å². The fraction of sp³-hybridized carbons (Fsp3) is 0.353. The van der Waals surface area contributed by atoms with E-state index in [0.717, 1.165) is 51.6 Å². The Hall–Kier alpha value is -2.03. The first-order valence-corrected chi connectivity index (χ1v) is 6.99. The van der Waals surface area contributed by atoms with E-state index < -0.39 is 0 Å². The maximum absolute atomic E-state index is 11.7. The van der Waals surface area contributed by atoms with Crippen LogP contribution in [0.3, 0.4) is 0 Å². The van der Waals surface area contributed by atoms with Gasteiger partial charge in [-0.15, -0.1) is 0 Å². The van der Waals surface area contributed by atoms with Crippen molar-refractivity contribution in [2.75, 3.05) is 0 Å². The second-order valence-electron chi connectivity index (χ2n) is 5.38. The molecule has 0 amide bonds. The predicted molar refractivity (Wildman–Crippen MR) is 80.5 cm³/mol. The van der Waals surface area contributed by atoms with Crippen molar-refractivity contribution >= 4 is 21.9 Å². The molecule has 0 aliphatic rings. The maximum atomic E-state index is 11.7. The Bertz CT molecular complexity index is 865. The SMILES string of the molecule is CCCc1cc(=O)oc2c(C)c3oc(C)c(C)c3cc12. The lowest BCUT2D eigenvalue weighted by atomic mass is 10.00. The third-order valence-electron chi connectivity index (χ3n) is 4.01. The first-order valence-electron chi connectivity index (χ1n) is 6.99. The molecule has 1 aromatic carbocycles. The minimum atomic E-state index is -0.289. The molecule has 3 nitrogen and oxygen atoms in total. The van der Waals surface area contributed by atoms with Gasteiger partial charge in [0.25, 0.3) is 0 Å². The van der Waals surface area contributed by atoms with Gasteiger partial charge in [-0.25, -0.2) is 4.79 Å². The number of rotatable bonds is 2. The topological polar surface area (TPSA) is 43.4 Å². The highest BCUT2D eigenvalue weighted by Gasteiger charge is 2.16. The zero-order valence-electron chi connectivity index (χ0n) is 12.3. The third kappa shape index (κ3) is 1.77. The van der Waals surface area contributed by atoms with Gasteiger partial charge in [0.1, 0.15) is 16.9 Å². The lowest BCUT2D eigenvalue weighted by Gasteiger charge is -2.07. The summed E-state index contributed by atoms with van der Waals surface area (Å²) in [4.78, 5) is 11.7. The van der Waals surface area contributed by atoms with Crippen LogP contribution in [0, 0.1) is 20.8 Å². The molecule has 2 heterocycles. The summed E-state index contributed by atoms with van der Waals surface area (Å²) in [5, 5.41) is 2.14. The minimum absolute atomic E-state index is 0.289. The molecule has 0 bridgehead atoms. The first kappa shape index (κ1) is 13.0. The summed E-state index contributed by atoms with van der Waals surface area (Å²) < 4.78 is 11.2. The van der Waals surface area contributed by atoms with Gasteiger partial charge in [0.05, 0.1) is 0 Å². The van der Waals surface area contributed by atoms with Gasteiger partial charge < -0.3 is 8.83 Å². The van der Waals surface area contributed by atoms with E-state index in [0.29, 0.717) is 5.58 Å². The first-order chi connectivity index (χ1) is 9.52. The molecule has 3 aromatic rings. The van der Waals surface area contributed by atoms with E-state index in [1.54, 1.807) is 6.07 Å². The van der Waals surface area contributed by atoms with E-state index in [4.69, 9.17) is 8.83 Å². The summed E-state index contributed by atoms with van der Waals surface area (Å²) in [6.45, 7) is 8.08. The molecule has 20 heavy (non-hydrogen) atoms. The Balaban J connectivity index is 2.52. The van der Waals surface area contributed by atoms with Gasteiger partial charge in [-0.2, -0.15) is 0 Å². The van der Waals surface area contributed by atoms with Crippen LogP contribution < -0.4 is 5.63 Å². The molecule has 0 aliphatic heterocycles. The van der Waals surface area contributed by atoms with Crippen LogP contribution in [0.4, 0.5) is 0 Å². The largest absolute Gasteiger partial charge is 0.461 e. The van der Waals surface area contributed by atoms with Crippen LogP contribution in [0.25, 0.3) is 21.9 Å². The fourth-order valence-corrected chi connectivity index (χ4v) is 2.81. The zero-order valence-corrected chi connectivity index (χ0v) is 12.3. The number of fused-ring (bicyclic) bond motifs is 2. The molecule has 0 spiro atoms. The summed E-state index contributed by atoms with van der Waals surface area (Å²) >= 11 is 0. The van der Waals surface area contributed by atoms with Crippen molar-refractivity contribution in [1.29, 1.82) is 0 Å². The second-order valence-corrected chi connectivity index (χ2v) is 5.38. The second kappa shape index (κ2) is 4.51. The summed E-state index contributed by atoms with van der Waals surface area (Å²) in [7, 11) is 0. The van der Waals surface area contributed by atoms with Crippen molar-refractivity contribution < 1.29 is 8.83 Å². The number of furan rings is 1. The zero-order chi connectivity index (χ0) is 14.4. The van der Waals surface area contributed by atoms with Crippen LogP contribution in [-0.2, 0) is 6.42 Å². The smallest absolute Gasteiger partial charge is 0.336 e. The average Bonchev–Trinajstić information content (AvgIpc) is 2.69. The van der Waals surface area contributed by atoms with Gasteiger partial charge in [-0.05, 0) is 44.4 Å². The van der Waals surface area contributed by atoms with Crippen LogP contribution in [0.15, 0.2) is 25.8 Å². The Labute approximate surface area is 117 Å². The Morgan fingerprint density at radius 3 is 2.35 bits per heavy atom. The standard InChI is InChI=1S/C17H18O3/c1-5-6-12-7-15(18)20-17-10(3)16-13(8-14(12)17)9(2)11(4)19-16/h7-8H,5-6H2,1-4H3. The number of aryl methyl sites for hydroxylation is 4. The molecule has 0 radical (unpaired) electrons. The van der Waals surface area contributed by atoms with Gasteiger partial charge in [-0.1, -0.05) is 13.3 Å². The molecule has 104 valence electrons. The van der Waals surface area contributed by atoms with E-state index in [1.807, 2.05) is 13.8 Å². The van der Waals surface area contributed by atoms with E-state index in [9.17, 15) is 4.79 Å². The maximum Gasteiger partial charge on any atom is 0.336 e. The fourth-order valence-electron chi connectivity index (χ4n) is 2.81. The monoisotopic (exact) mass is 270 g/mol. The molecule has 0 saturated heterocycles. The molecular weight excluding hydrogens is 252 g/mol. The van der Waals surface area contributed by atoms with Crippen molar-refractivity contribution in [1.82, 2.24) is 0 Å². The van der Waals surface area contributed by atoms with Crippen LogP contribution in [0.1, 0.15) is 35.8 Å². The summed E-state index contributed by atoms with van der Waals surface area (Å²) in [5.41, 5.74) is 4.30. The van der Waals surface area contributed by atoms with Gasteiger partial charge in [0.2, 0.25) is 0 Å². The molecule has 2 aromatic heterocycles. The summed E-state index contributed by atoms with van der Waals surface area (Å²) in [5.74, 6) is 0.915. The summed E-state index contributed by atoms with van der Waals surface area (Å²) in [6, 6.07) is 3.71. The lowest BCUT2D eigenvalue weighted by Crippen LogP contribution is -2.01. The van der Waals surface area contributed by atoms with Crippen molar-refractivity contribution in [3.63, 3.8) is 0 Å². The summed E-state index contributed by atoms with van der Waals surface area (Å²) in [6.07, 6.45) is 1.88. The molecule has 0 saturated carbocycles. The molecule has 3 heteroatoms. The number of benzene rings is 1. The van der Waals surface area contributed by atoms with E-state index >= 15 is 0 Å². The lowest BCUT2D eigenvalue weighted by molar-refractivity contribution is 0.550. The van der Waals surface area contributed by atoms with Gasteiger partial charge in [0.15, 0.2) is 0 Å². The van der Waals surface area contributed by atoms with Crippen LogP contribution in [0.5, 0.6) is 0 Å². The number of hydrogen-bond acceptors (Lipinski definition) is 3. The average molecular weight is 270 g/mol. The number of hydrogen-bond donors (Lipinski definition) is 0. The van der Waals surface area contributed by atoms with Crippen molar-refractivity contribution in [2.45, 2.75) is 40.5 Å². The predicted octanol–water partition coefficient (Wildman–Crippen LogP) is 4.42. The van der Waals surface area contributed by atoms with Crippen molar-refractivity contribution in [3.8, 4) is 0 Å². The van der Waals surface area contributed by atoms with Crippen LogP contribution in [-0.4, -0.2) is 0 Å². The molecule has 0 fully saturated rings. The molecule has 0 aliphatic carbocycles. The highest BCUT2D eigenvalue weighted by molar-refractivity contribution is 5.99. The highest BCUT2D eigenvalue weighted by Crippen LogP contribution is 2.34. The van der Waals surface area contributed by atoms with Crippen LogP contribution in [0.2, 0.25) is 0 Å². The Kier molecular flexibility index (Phi) is 2.93. The van der Waals surface area contributed by atoms with Gasteiger partial charge >= 0.3 is 5.63 Å². The minimum Gasteiger partial charge on any atom is -0.461 e. The Morgan fingerprint density at radius 2 is 1.65 bits per heavy atom. The third-order valence-corrected chi connectivity index (χ3v) is 4.01. The van der Waals surface area contributed by atoms with Crippen molar-refractivity contribution in [3.05, 3.63) is 45.0 Å². The Morgan fingerprint density at radius 1 is 0.950 bits per heavy atom. The molecule has 3 rings (SSSR count). The van der Waals surface area contributed by atoms with Gasteiger partial charge in [0, 0.05) is 22.4 Å². The van der Waals surface area contributed by atoms with E-state index in [1.165, 1.54) is 0 Å². The molecule has 0 N–H and O–H groups in total.